The van der Waals surface area contributed by atoms with E-state index >= 15 is 4.79 Å². The third-order valence-corrected chi connectivity index (χ3v) is 9.74. The number of hydrogen-bond acceptors (Lipinski definition) is 4. The van der Waals surface area contributed by atoms with Crippen molar-refractivity contribution in [2.24, 2.45) is 0 Å². The van der Waals surface area contributed by atoms with Gasteiger partial charge in [-0.3, -0.25) is 4.79 Å². The first-order valence-electron chi connectivity index (χ1n) is 16.5. The fourth-order valence-corrected chi connectivity index (χ4v) is 7.52. The average Bonchev–Trinajstić information content (AvgIpc) is 3.62. The summed E-state index contributed by atoms with van der Waals surface area (Å²) in [5, 5.41) is 1.04. The molecule has 5 heteroatoms. The van der Waals surface area contributed by atoms with E-state index in [4.69, 9.17) is 9.47 Å². The number of fused-ring (bicyclic) bond motifs is 2. The summed E-state index contributed by atoms with van der Waals surface area (Å²) < 4.78 is 13.4. The van der Waals surface area contributed by atoms with Crippen LogP contribution in [0.25, 0.3) is 22.2 Å². The second-order valence-electron chi connectivity index (χ2n) is 12.4. The number of nitrogens with zero attached hydrogens (tertiary/aromatic N) is 2. The van der Waals surface area contributed by atoms with Crippen LogP contribution in [0.15, 0.2) is 158 Å². The van der Waals surface area contributed by atoms with E-state index in [1.807, 2.05) is 66.7 Å². The maximum atomic E-state index is 15.6. The number of methoxy groups -OCH3 is 2. The van der Waals surface area contributed by atoms with Gasteiger partial charge in [0.2, 0.25) is 0 Å². The van der Waals surface area contributed by atoms with Crippen molar-refractivity contribution in [3.8, 4) is 22.8 Å². The van der Waals surface area contributed by atoms with Crippen LogP contribution in [-0.4, -0.2) is 24.6 Å². The van der Waals surface area contributed by atoms with E-state index in [0.29, 0.717) is 18.7 Å². The van der Waals surface area contributed by atoms with Crippen molar-refractivity contribution in [2.75, 3.05) is 19.1 Å². The maximum Gasteiger partial charge on any atom is 0.199 e. The van der Waals surface area contributed by atoms with Gasteiger partial charge in [0.1, 0.15) is 11.5 Å². The molecule has 7 aromatic rings. The predicted octanol–water partition coefficient (Wildman–Crippen LogP) is 9.52. The van der Waals surface area contributed by atoms with Crippen LogP contribution < -0.4 is 14.4 Å². The molecule has 5 nitrogen and oxygen atoms in total. The van der Waals surface area contributed by atoms with Crippen LogP contribution in [0.3, 0.4) is 0 Å². The van der Waals surface area contributed by atoms with Gasteiger partial charge in [0.25, 0.3) is 0 Å². The number of benzene rings is 6. The number of carbonyl (C=O) groups is 1. The van der Waals surface area contributed by atoms with Crippen molar-refractivity contribution in [3.05, 3.63) is 186 Å². The molecule has 1 atom stereocenters. The van der Waals surface area contributed by atoms with Crippen LogP contribution in [0.4, 0.5) is 5.69 Å². The van der Waals surface area contributed by atoms with Gasteiger partial charge in [0, 0.05) is 40.8 Å². The lowest BCUT2D eigenvalue weighted by atomic mass is 9.76. The van der Waals surface area contributed by atoms with Crippen molar-refractivity contribution in [3.63, 3.8) is 0 Å². The Morgan fingerprint density at radius 2 is 1.12 bits per heavy atom. The van der Waals surface area contributed by atoms with Crippen LogP contribution in [0.1, 0.15) is 32.6 Å². The molecule has 49 heavy (non-hydrogen) atoms. The minimum Gasteiger partial charge on any atom is -0.497 e. The number of carbonyl (C=O) groups excluding carboxylic acids is 1. The number of ketones is 1. The molecule has 0 N–H and O–H groups in total. The molecule has 0 aliphatic carbocycles. The summed E-state index contributed by atoms with van der Waals surface area (Å²) >= 11 is 0. The van der Waals surface area contributed by atoms with Crippen LogP contribution in [0, 0.1) is 0 Å². The molecule has 1 unspecified atom stereocenters. The minimum atomic E-state index is -1.18. The lowest BCUT2D eigenvalue weighted by Crippen LogP contribution is -2.48. The molecular weight excluding hydrogens is 604 g/mol. The molecule has 1 aliphatic heterocycles. The van der Waals surface area contributed by atoms with Gasteiger partial charge < -0.3 is 18.9 Å². The Hall–Kier alpha value is -6.07. The van der Waals surface area contributed by atoms with Gasteiger partial charge in [-0.2, -0.15) is 0 Å². The highest BCUT2D eigenvalue weighted by atomic mass is 16.5. The Kier molecular flexibility index (Phi) is 7.73. The van der Waals surface area contributed by atoms with Crippen molar-refractivity contribution in [1.29, 1.82) is 0 Å². The normalized spacial score (nSPS) is 15.4. The summed E-state index contributed by atoms with van der Waals surface area (Å²) in [5.74, 6) is 1.67. The zero-order valence-corrected chi connectivity index (χ0v) is 27.5. The lowest BCUT2D eigenvalue weighted by Gasteiger charge is -2.40. The molecule has 0 bridgehead atoms. The number of rotatable bonds is 9. The highest BCUT2D eigenvalue weighted by Crippen LogP contribution is 2.54. The molecule has 240 valence electrons. The van der Waals surface area contributed by atoms with Gasteiger partial charge in [-0.05, 0) is 64.7 Å². The fraction of sp³-hybridized carbons (Fsp3) is 0.114. The summed E-state index contributed by atoms with van der Waals surface area (Å²) in [5.41, 5.74) is 7.69. The Balaban J connectivity index is 1.48. The fourth-order valence-electron chi connectivity index (χ4n) is 7.52. The molecule has 6 aromatic carbocycles. The largest absolute Gasteiger partial charge is 0.497 e. The summed E-state index contributed by atoms with van der Waals surface area (Å²) in [6.07, 6.45) is 0. The Bertz CT molecular complexity index is 2260. The molecule has 1 aromatic heterocycles. The molecule has 0 saturated carbocycles. The van der Waals surface area contributed by atoms with E-state index in [0.717, 1.165) is 61.6 Å². The number of para-hydroxylation sites is 2. The second kappa shape index (κ2) is 12.5. The van der Waals surface area contributed by atoms with Gasteiger partial charge in [0.15, 0.2) is 11.3 Å². The monoisotopic (exact) mass is 640 g/mol. The summed E-state index contributed by atoms with van der Waals surface area (Å²) in [6.45, 7) is 1.12. The Labute approximate surface area is 286 Å². The van der Waals surface area contributed by atoms with Crippen molar-refractivity contribution in [1.82, 2.24) is 4.57 Å². The first kappa shape index (κ1) is 30.3. The Morgan fingerprint density at radius 3 is 1.78 bits per heavy atom. The number of ether oxygens (including phenoxy) is 2. The van der Waals surface area contributed by atoms with Gasteiger partial charge in [-0.25, -0.2) is 0 Å². The molecule has 0 radical (unpaired) electrons. The first-order valence-corrected chi connectivity index (χ1v) is 16.5. The van der Waals surface area contributed by atoms with Crippen LogP contribution >= 0.6 is 0 Å². The second-order valence-corrected chi connectivity index (χ2v) is 12.4. The van der Waals surface area contributed by atoms with Gasteiger partial charge >= 0.3 is 0 Å². The smallest absolute Gasteiger partial charge is 0.199 e. The predicted molar refractivity (Wildman–Crippen MR) is 197 cm³/mol. The molecular formula is C44H36N2O3. The average molecular weight is 641 g/mol. The number of Topliss-reactive ketones (excluding diaryl/α,β-unsaturated/α-hetero) is 1. The summed E-state index contributed by atoms with van der Waals surface area (Å²) in [6, 6.07) is 53.7. The number of hydrogen-bond donors (Lipinski definition) is 0. The summed E-state index contributed by atoms with van der Waals surface area (Å²) in [4.78, 5) is 17.9. The molecule has 0 spiro atoms. The van der Waals surface area contributed by atoms with E-state index in [1.54, 1.807) is 14.2 Å². The lowest BCUT2D eigenvalue weighted by molar-refractivity contribution is 0.0926. The maximum absolute atomic E-state index is 15.6. The molecule has 1 aliphatic rings. The molecule has 8 rings (SSSR count). The van der Waals surface area contributed by atoms with E-state index in [1.165, 1.54) is 0 Å². The van der Waals surface area contributed by atoms with E-state index in [2.05, 4.69) is 100 Å². The third-order valence-electron chi connectivity index (χ3n) is 9.74. The molecule has 0 saturated heterocycles. The number of anilines is 1. The van der Waals surface area contributed by atoms with Crippen molar-refractivity contribution < 1.29 is 14.3 Å². The van der Waals surface area contributed by atoms with E-state index in [-0.39, 0.29) is 5.78 Å². The van der Waals surface area contributed by atoms with Gasteiger partial charge in [-0.1, -0.05) is 115 Å². The standard InChI is InChI=1S/C44H36N2O3/c1-48-35-25-21-31(22-26-35)29-45-39-19-11-9-17-37(39)41(42(45)33-13-5-3-6-14-33)44(34-15-7-4-8-16-34)43(47)38-18-10-12-20-40(38)46(44)30-32-23-27-36(49-2)28-24-32/h3-28H,29-30H2,1-2H3. The Morgan fingerprint density at radius 1 is 0.571 bits per heavy atom. The molecule has 0 fully saturated rings. The zero-order chi connectivity index (χ0) is 33.4. The van der Waals surface area contributed by atoms with Gasteiger partial charge in [-0.15, -0.1) is 0 Å². The number of aromatic nitrogens is 1. The van der Waals surface area contributed by atoms with Crippen LogP contribution in [0.2, 0.25) is 0 Å². The van der Waals surface area contributed by atoms with E-state index in [9.17, 15) is 0 Å². The molecule has 0 amide bonds. The summed E-state index contributed by atoms with van der Waals surface area (Å²) in [7, 11) is 3.36. The third kappa shape index (κ3) is 4.97. The minimum absolute atomic E-state index is 0.0624. The molecule has 2 heterocycles. The topological polar surface area (TPSA) is 43.7 Å². The quantitative estimate of drug-likeness (QED) is 0.158. The highest BCUT2D eigenvalue weighted by Gasteiger charge is 2.56. The highest BCUT2D eigenvalue weighted by molar-refractivity contribution is 6.19. The van der Waals surface area contributed by atoms with Crippen LogP contribution in [0.5, 0.6) is 11.5 Å². The van der Waals surface area contributed by atoms with E-state index < -0.39 is 5.54 Å². The first-order chi connectivity index (χ1) is 24.1. The SMILES string of the molecule is COc1ccc(CN2c3ccccc3C(=O)C2(c2ccccc2)c2c(-c3ccccc3)n(Cc3ccc(OC)cc3)c3ccccc23)cc1. The van der Waals surface area contributed by atoms with Crippen molar-refractivity contribution in [2.45, 2.75) is 18.6 Å². The van der Waals surface area contributed by atoms with Crippen molar-refractivity contribution >= 4 is 22.4 Å². The zero-order valence-electron chi connectivity index (χ0n) is 27.5. The van der Waals surface area contributed by atoms with Gasteiger partial charge in [0.05, 0.1) is 19.9 Å². The van der Waals surface area contributed by atoms with Crippen LogP contribution in [-0.2, 0) is 18.6 Å².